The third-order valence-corrected chi connectivity index (χ3v) is 1.13. The average Bonchev–Trinajstić information content (AvgIpc) is 1.83. The Balaban J connectivity index is 3.00. The van der Waals surface area contributed by atoms with Gasteiger partial charge in [-0.25, -0.2) is 0 Å². The van der Waals surface area contributed by atoms with Crippen LogP contribution >= 0.6 is 0 Å². The lowest BCUT2D eigenvalue weighted by atomic mass is 10.1. The van der Waals surface area contributed by atoms with Gasteiger partial charge in [0.05, 0.1) is 0 Å². The summed E-state index contributed by atoms with van der Waals surface area (Å²) in [6.07, 6.45) is 4.81. The predicted molar refractivity (Wildman–Crippen MR) is 36.7 cm³/mol. The van der Waals surface area contributed by atoms with E-state index in [0.29, 0.717) is 5.57 Å². The van der Waals surface area contributed by atoms with Crippen molar-refractivity contribution in [1.29, 1.82) is 5.41 Å². The Hall–Kier alpha value is -1.31. The van der Waals surface area contributed by atoms with Gasteiger partial charge < -0.3 is 5.11 Å². The number of hydrogen-bond donors (Lipinski definition) is 2. The van der Waals surface area contributed by atoms with Crippen LogP contribution < -0.4 is 0 Å². The molecule has 0 aliphatic heterocycles. The van der Waals surface area contributed by atoms with Crippen molar-refractivity contribution in [3.8, 4) is 0 Å². The summed E-state index contributed by atoms with van der Waals surface area (Å²) in [5.74, 6) is -0.0116. The van der Waals surface area contributed by atoms with Crippen LogP contribution in [0, 0.1) is 5.41 Å². The quantitative estimate of drug-likeness (QED) is 0.502. The molecular weight excluding hydrogens is 114 g/mol. The van der Waals surface area contributed by atoms with Crippen LogP contribution in [0.15, 0.2) is 36.1 Å². The second-order valence-electron chi connectivity index (χ2n) is 1.81. The van der Waals surface area contributed by atoms with Gasteiger partial charge in [0.1, 0.15) is 11.5 Å². The minimum atomic E-state index is -0.0116. The lowest BCUT2D eigenvalue weighted by Gasteiger charge is -2.04. The molecule has 0 aromatic heterocycles. The lowest BCUT2D eigenvalue weighted by Crippen LogP contribution is -2.04. The van der Waals surface area contributed by atoms with E-state index in [9.17, 15) is 0 Å². The Kier molecular flexibility index (Phi) is 1.23. The summed E-state index contributed by atoms with van der Waals surface area (Å²) in [6, 6.07) is 0. The Morgan fingerprint density at radius 2 is 2.22 bits per heavy atom. The zero-order chi connectivity index (χ0) is 6.85. The molecule has 2 nitrogen and oxygen atoms in total. The number of aliphatic hydroxyl groups excluding tert-OH is 1. The fourth-order valence-electron chi connectivity index (χ4n) is 0.587. The molecule has 0 spiro atoms. The van der Waals surface area contributed by atoms with Gasteiger partial charge in [-0.05, 0) is 11.6 Å². The molecule has 0 aromatic rings. The first-order valence-corrected chi connectivity index (χ1v) is 2.57. The van der Waals surface area contributed by atoms with E-state index in [1.807, 2.05) is 0 Å². The number of rotatable bonds is 0. The monoisotopic (exact) mass is 121 g/mol. The first-order chi connectivity index (χ1) is 4.22. The van der Waals surface area contributed by atoms with E-state index in [4.69, 9.17) is 10.5 Å². The van der Waals surface area contributed by atoms with E-state index >= 15 is 0 Å². The molecule has 0 aromatic carbocycles. The second kappa shape index (κ2) is 1.90. The van der Waals surface area contributed by atoms with Crippen molar-refractivity contribution in [2.75, 3.05) is 0 Å². The Labute approximate surface area is 53.3 Å². The molecule has 1 rings (SSSR count). The van der Waals surface area contributed by atoms with Crippen LogP contribution in [-0.4, -0.2) is 10.8 Å². The van der Waals surface area contributed by atoms with Gasteiger partial charge in [-0.3, -0.25) is 5.41 Å². The normalized spacial score (nSPS) is 18.0. The number of allylic oxidation sites excluding steroid dienone is 4. The molecule has 2 heteroatoms. The fraction of sp³-hybridized carbons (Fsp3) is 0. The van der Waals surface area contributed by atoms with Crippen LogP contribution in [0.5, 0.6) is 0 Å². The van der Waals surface area contributed by atoms with Gasteiger partial charge in [0.2, 0.25) is 0 Å². The van der Waals surface area contributed by atoms with Crippen molar-refractivity contribution in [1.82, 2.24) is 0 Å². The SMILES string of the molecule is C=C1C=CC=C(O)C1=N. The maximum Gasteiger partial charge on any atom is 0.141 e. The average molecular weight is 121 g/mol. The highest BCUT2D eigenvalue weighted by molar-refractivity contribution is 6.11. The third-order valence-electron chi connectivity index (χ3n) is 1.13. The van der Waals surface area contributed by atoms with E-state index in [1.54, 1.807) is 12.2 Å². The van der Waals surface area contributed by atoms with E-state index in [-0.39, 0.29) is 11.5 Å². The van der Waals surface area contributed by atoms with Crippen molar-refractivity contribution >= 4 is 5.71 Å². The third kappa shape index (κ3) is 0.914. The predicted octanol–water partition coefficient (Wildman–Crippen LogP) is 1.57. The minimum Gasteiger partial charge on any atom is -0.506 e. The smallest absolute Gasteiger partial charge is 0.141 e. The Morgan fingerprint density at radius 3 is 2.67 bits per heavy atom. The molecule has 1 aliphatic rings. The van der Waals surface area contributed by atoms with Crippen molar-refractivity contribution in [2.24, 2.45) is 0 Å². The standard InChI is InChI=1S/C7H7NO/c1-5-3-2-4-6(9)7(5)8/h2-4,8-9H,1H2. The van der Waals surface area contributed by atoms with Crippen LogP contribution in [0.2, 0.25) is 0 Å². The molecule has 2 N–H and O–H groups in total. The highest BCUT2D eigenvalue weighted by Crippen LogP contribution is 2.08. The van der Waals surface area contributed by atoms with Crippen LogP contribution in [0.3, 0.4) is 0 Å². The van der Waals surface area contributed by atoms with Gasteiger partial charge in [-0.15, -0.1) is 0 Å². The fourth-order valence-corrected chi connectivity index (χ4v) is 0.587. The number of hydrogen-bond acceptors (Lipinski definition) is 2. The largest absolute Gasteiger partial charge is 0.506 e. The lowest BCUT2D eigenvalue weighted by molar-refractivity contribution is 0.442. The summed E-state index contributed by atoms with van der Waals surface area (Å²) < 4.78 is 0. The van der Waals surface area contributed by atoms with E-state index < -0.39 is 0 Å². The Bertz CT molecular complexity index is 223. The van der Waals surface area contributed by atoms with Crippen LogP contribution in [0.1, 0.15) is 0 Å². The summed E-state index contributed by atoms with van der Waals surface area (Å²) in [7, 11) is 0. The minimum absolute atomic E-state index is 0.0116. The van der Waals surface area contributed by atoms with Crippen molar-refractivity contribution in [2.45, 2.75) is 0 Å². The molecule has 9 heavy (non-hydrogen) atoms. The summed E-state index contributed by atoms with van der Waals surface area (Å²) in [4.78, 5) is 0. The topological polar surface area (TPSA) is 44.1 Å². The summed E-state index contributed by atoms with van der Waals surface area (Å²) >= 11 is 0. The molecule has 0 bridgehead atoms. The van der Waals surface area contributed by atoms with Crippen molar-refractivity contribution in [3.63, 3.8) is 0 Å². The molecule has 0 heterocycles. The van der Waals surface area contributed by atoms with Gasteiger partial charge in [0, 0.05) is 0 Å². The maximum atomic E-state index is 8.87. The highest BCUT2D eigenvalue weighted by atomic mass is 16.3. The van der Waals surface area contributed by atoms with Gasteiger partial charge in [0.15, 0.2) is 0 Å². The summed E-state index contributed by atoms with van der Waals surface area (Å²) in [6.45, 7) is 3.53. The molecule has 0 saturated carbocycles. The van der Waals surface area contributed by atoms with Gasteiger partial charge in [-0.1, -0.05) is 18.7 Å². The molecule has 0 radical (unpaired) electrons. The molecule has 0 saturated heterocycles. The number of aliphatic hydroxyl groups is 1. The molecule has 0 fully saturated rings. The van der Waals surface area contributed by atoms with E-state index in [1.165, 1.54) is 6.08 Å². The molecule has 1 aliphatic carbocycles. The molecule has 0 amide bonds. The maximum absolute atomic E-state index is 8.87. The van der Waals surface area contributed by atoms with Crippen LogP contribution in [0.25, 0.3) is 0 Å². The van der Waals surface area contributed by atoms with E-state index in [2.05, 4.69) is 6.58 Å². The first-order valence-electron chi connectivity index (χ1n) is 2.57. The molecule has 0 atom stereocenters. The molecule has 0 unspecified atom stereocenters. The Morgan fingerprint density at radius 1 is 1.56 bits per heavy atom. The van der Waals surface area contributed by atoms with Gasteiger partial charge in [-0.2, -0.15) is 0 Å². The van der Waals surface area contributed by atoms with Crippen molar-refractivity contribution in [3.05, 3.63) is 36.1 Å². The van der Waals surface area contributed by atoms with Gasteiger partial charge >= 0.3 is 0 Å². The zero-order valence-electron chi connectivity index (χ0n) is 4.89. The zero-order valence-corrected chi connectivity index (χ0v) is 4.89. The first kappa shape index (κ1) is 5.82. The number of nitrogens with one attached hydrogen (secondary N) is 1. The van der Waals surface area contributed by atoms with Gasteiger partial charge in [0.25, 0.3) is 0 Å². The van der Waals surface area contributed by atoms with Crippen molar-refractivity contribution < 1.29 is 5.11 Å². The molecule has 46 valence electrons. The van der Waals surface area contributed by atoms with Crippen LogP contribution in [-0.2, 0) is 0 Å². The highest BCUT2D eigenvalue weighted by Gasteiger charge is 2.06. The summed E-state index contributed by atoms with van der Waals surface area (Å²) in [5, 5.41) is 16.0. The molecular formula is C7H7NO. The van der Waals surface area contributed by atoms with E-state index in [0.717, 1.165) is 0 Å². The second-order valence-corrected chi connectivity index (χ2v) is 1.81. The summed E-state index contributed by atoms with van der Waals surface area (Å²) in [5.41, 5.74) is 0.660. The van der Waals surface area contributed by atoms with Crippen LogP contribution in [0.4, 0.5) is 0 Å².